The molecule has 0 bridgehead atoms. The predicted molar refractivity (Wildman–Crippen MR) is 34.8 cm³/mol. The highest BCUT2D eigenvalue weighted by Crippen LogP contribution is 1.70. The van der Waals surface area contributed by atoms with Crippen LogP contribution in [-0.4, -0.2) is 19.9 Å². The van der Waals surface area contributed by atoms with E-state index in [0.29, 0.717) is 6.73 Å². The lowest BCUT2D eigenvalue weighted by molar-refractivity contribution is 0.129. The van der Waals surface area contributed by atoms with Crippen molar-refractivity contribution in [2.24, 2.45) is 0 Å². The summed E-state index contributed by atoms with van der Waals surface area (Å²) in [4.78, 5) is 0. The average molecular weight is 117 g/mol. The maximum Gasteiger partial charge on any atom is 0.0965 e. The first-order chi connectivity index (χ1) is 3.91. The fraction of sp³-hybridized carbons (Fsp3) is 1.00. The van der Waals surface area contributed by atoms with E-state index in [0.717, 1.165) is 13.2 Å². The predicted octanol–water partition coefficient (Wildman–Crippen LogP) is 0.980. The molecule has 2 heteroatoms. The van der Waals surface area contributed by atoms with E-state index in [9.17, 15) is 0 Å². The van der Waals surface area contributed by atoms with Gasteiger partial charge in [0.2, 0.25) is 0 Å². The van der Waals surface area contributed by atoms with Gasteiger partial charge in [-0.05, 0) is 19.9 Å². The molecule has 0 aromatic heterocycles. The van der Waals surface area contributed by atoms with Gasteiger partial charge in [-0.1, -0.05) is 6.92 Å². The van der Waals surface area contributed by atoms with Crippen molar-refractivity contribution in [2.75, 3.05) is 19.9 Å². The van der Waals surface area contributed by atoms with Crippen molar-refractivity contribution in [3.8, 4) is 0 Å². The van der Waals surface area contributed by atoms with Gasteiger partial charge in [-0.3, -0.25) is 5.32 Å². The first-order valence-electron chi connectivity index (χ1n) is 3.20. The van der Waals surface area contributed by atoms with Crippen molar-refractivity contribution in [1.29, 1.82) is 0 Å². The van der Waals surface area contributed by atoms with Crippen LogP contribution in [0, 0.1) is 0 Å². The van der Waals surface area contributed by atoms with Gasteiger partial charge in [0.05, 0.1) is 6.73 Å². The summed E-state index contributed by atoms with van der Waals surface area (Å²) in [5, 5.41) is 3.11. The number of hydrogen-bond donors (Lipinski definition) is 1. The van der Waals surface area contributed by atoms with E-state index in [1.165, 1.54) is 6.42 Å². The highest BCUT2D eigenvalue weighted by molar-refractivity contribution is 4.33. The minimum absolute atomic E-state index is 0.699. The Labute approximate surface area is 51.2 Å². The summed E-state index contributed by atoms with van der Waals surface area (Å²) in [6.07, 6.45) is 1.17. The minimum Gasteiger partial charge on any atom is -0.367 e. The van der Waals surface area contributed by atoms with Gasteiger partial charge in [0.15, 0.2) is 0 Å². The van der Waals surface area contributed by atoms with E-state index in [1.807, 2.05) is 6.92 Å². The van der Waals surface area contributed by atoms with Crippen LogP contribution in [0.3, 0.4) is 0 Å². The Hall–Kier alpha value is -0.0800. The maximum atomic E-state index is 5.02. The Morgan fingerprint density at radius 1 is 1.38 bits per heavy atom. The molecule has 0 spiro atoms. The van der Waals surface area contributed by atoms with Gasteiger partial charge in [0.1, 0.15) is 0 Å². The summed E-state index contributed by atoms with van der Waals surface area (Å²) < 4.78 is 5.02. The monoisotopic (exact) mass is 117 g/mol. The lowest BCUT2D eigenvalue weighted by Crippen LogP contribution is -2.18. The summed E-state index contributed by atoms with van der Waals surface area (Å²) in [6, 6.07) is 0. The number of nitrogens with one attached hydrogen (secondary N) is 1. The van der Waals surface area contributed by atoms with Crippen molar-refractivity contribution < 1.29 is 4.74 Å². The Morgan fingerprint density at radius 2 is 2.12 bits per heavy atom. The maximum absolute atomic E-state index is 5.02. The molecule has 0 aromatic carbocycles. The zero-order valence-electron chi connectivity index (χ0n) is 5.74. The first-order valence-corrected chi connectivity index (χ1v) is 3.20. The van der Waals surface area contributed by atoms with Gasteiger partial charge < -0.3 is 4.74 Å². The summed E-state index contributed by atoms with van der Waals surface area (Å²) >= 11 is 0. The molecule has 0 amide bonds. The van der Waals surface area contributed by atoms with Crippen LogP contribution in [0.15, 0.2) is 0 Å². The average Bonchev–Trinajstić information content (AvgIpc) is 1.81. The summed E-state index contributed by atoms with van der Waals surface area (Å²) in [5.41, 5.74) is 0. The van der Waals surface area contributed by atoms with E-state index in [-0.39, 0.29) is 0 Å². The van der Waals surface area contributed by atoms with Crippen molar-refractivity contribution in [3.05, 3.63) is 0 Å². The third-order valence-electron chi connectivity index (χ3n) is 0.835. The van der Waals surface area contributed by atoms with Crippen LogP contribution in [0.5, 0.6) is 0 Å². The minimum atomic E-state index is 0.699. The van der Waals surface area contributed by atoms with E-state index < -0.39 is 0 Å². The molecule has 0 aliphatic carbocycles. The number of hydrogen-bond acceptors (Lipinski definition) is 2. The van der Waals surface area contributed by atoms with E-state index in [4.69, 9.17) is 4.74 Å². The molecular formula is C6H15NO. The summed E-state index contributed by atoms with van der Waals surface area (Å²) in [6.45, 7) is 6.69. The molecule has 0 radical (unpaired) electrons. The van der Waals surface area contributed by atoms with Gasteiger partial charge in [0, 0.05) is 6.61 Å². The molecule has 0 unspecified atom stereocenters. The zero-order chi connectivity index (χ0) is 6.24. The van der Waals surface area contributed by atoms with Gasteiger partial charge in [-0.2, -0.15) is 0 Å². The van der Waals surface area contributed by atoms with Crippen LogP contribution in [0.25, 0.3) is 0 Å². The van der Waals surface area contributed by atoms with Crippen molar-refractivity contribution in [1.82, 2.24) is 5.32 Å². The standard InChI is InChI=1S/C6H15NO/c1-3-5-7-6-8-4-2/h7H,3-6H2,1-2H3. The van der Waals surface area contributed by atoms with Crippen LogP contribution < -0.4 is 5.32 Å². The van der Waals surface area contributed by atoms with Gasteiger partial charge >= 0.3 is 0 Å². The Balaban J connectivity index is 2.53. The molecule has 0 saturated heterocycles. The molecule has 0 aliphatic rings. The molecule has 8 heavy (non-hydrogen) atoms. The first kappa shape index (κ1) is 7.92. The molecule has 0 atom stereocenters. The lowest BCUT2D eigenvalue weighted by atomic mass is 10.5. The molecule has 0 aliphatic heterocycles. The molecule has 0 aromatic rings. The van der Waals surface area contributed by atoms with Crippen molar-refractivity contribution in [2.45, 2.75) is 20.3 Å². The van der Waals surface area contributed by atoms with Crippen LogP contribution in [0.4, 0.5) is 0 Å². The molecule has 50 valence electrons. The number of rotatable bonds is 5. The van der Waals surface area contributed by atoms with E-state index in [2.05, 4.69) is 12.2 Å². The highest BCUT2D eigenvalue weighted by Gasteiger charge is 1.79. The van der Waals surface area contributed by atoms with Gasteiger partial charge in [0.25, 0.3) is 0 Å². The second-order valence-corrected chi connectivity index (χ2v) is 1.64. The molecule has 0 rings (SSSR count). The van der Waals surface area contributed by atoms with Crippen LogP contribution >= 0.6 is 0 Å². The number of ether oxygens (including phenoxy) is 1. The normalized spacial score (nSPS) is 9.75. The SMILES string of the molecule is CCCNCOCC. The van der Waals surface area contributed by atoms with Crippen LogP contribution in [-0.2, 0) is 4.74 Å². The fourth-order valence-corrected chi connectivity index (χ4v) is 0.423. The van der Waals surface area contributed by atoms with Crippen LogP contribution in [0.2, 0.25) is 0 Å². The fourth-order valence-electron chi connectivity index (χ4n) is 0.423. The lowest BCUT2D eigenvalue weighted by Gasteiger charge is -2.00. The van der Waals surface area contributed by atoms with E-state index in [1.54, 1.807) is 0 Å². The molecule has 0 heterocycles. The Kier molecular flexibility index (Phi) is 6.85. The molecule has 2 nitrogen and oxygen atoms in total. The molecular weight excluding hydrogens is 102 g/mol. The largest absolute Gasteiger partial charge is 0.367 e. The Bertz CT molecular complexity index is 33.5. The molecule has 0 fully saturated rings. The smallest absolute Gasteiger partial charge is 0.0965 e. The zero-order valence-corrected chi connectivity index (χ0v) is 5.74. The van der Waals surface area contributed by atoms with E-state index >= 15 is 0 Å². The second-order valence-electron chi connectivity index (χ2n) is 1.64. The third-order valence-corrected chi connectivity index (χ3v) is 0.835. The van der Waals surface area contributed by atoms with Crippen molar-refractivity contribution in [3.63, 3.8) is 0 Å². The highest BCUT2D eigenvalue weighted by atomic mass is 16.5. The van der Waals surface area contributed by atoms with Crippen molar-refractivity contribution >= 4 is 0 Å². The summed E-state index contributed by atoms with van der Waals surface area (Å²) in [7, 11) is 0. The van der Waals surface area contributed by atoms with Gasteiger partial charge in [-0.15, -0.1) is 0 Å². The van der Waals surface area contributed by atoms with Gasteiger partial charge in [-0.25, -0.2) is 0 Å². The topological polar surface area (TPSA) is 21.3 Å². The quantitative estimate of drug-likeness (QED) is 0.428. The third kappa shape index (κ3) is 5.92. The van der Waals surface area contributed by atoms with Crippen LogP contribution in [0.1, 0.15) is 20.3 Å². The second kappa shape index (κ2) is 6.92. The molecule has 0 saturated carbocycles. The Morgan fingerprint density at radius 3 is 2.62 bits per heavy atom. The molecule has 1 N–H and O–H groups in total. The summed E-state index contributed by atoms with van der Waals surface area (Å²) in [5.74, 6) is 0.